The number of methoxy groups -OCH3 is 1. The standard InChI is InChI=1S/C27H28N2O3/c1-19-9-6-7-14-23(19)27(31)29-17-24(21-12-8-13-22(15-21)32-2)25(18-29)26(30)28-16-20-10-4-3-5-11-20/h3-15,24-25H,16-18H2,1-2H3,(H,28,30)/t24-,25+/m1/s1. The van der Waals surface area contributed by atoms with Gasteiger partial charge in [-0.25, -0.2) is 0 Å². The van der Waals surface area contributed by atoms with E-state index in [1.807, 2.05) is 85.8 Å². The molecule has 0 aromatic heterocycles. The highest BCUT2D eigenvalue weighted by molar-refractivity contribution is 5.96. The molecule has 5 heteroatoms. The Balaban J connectivity index is 1.58. The van der Waals surface area contributed by atoms with Gasteiger partial charge in [-0.15, -0.1) is 0 Å². The molecule has 5 nitrogen and oxygen atoms in total. The van der Waals surface area contributed by atoms with E-state index >= 15 is 0 Å². The second-order valence-electron chi connectivity index (χ2n) is 8.22. The molecular weight excluding hydrogens is 400 g/mol. The third-order valence-corrected chi connectivity index (χ3v) is 6.15. The van der Waals surface area contributed by atoms with Crippen molar-refractivity contribution in [3.8, 4) is 5.75 Å². The summed E-state index contributed by atoms with van der Waals surface area (Å²) in [7, 11) is 1.63. The monoisotopic (exact) mass is 428 g/mol. The molecular formula is C27H28N2O3. The van der Waals surface area contributed by atoms with Crippen LogP contribution in [0.15, 0.2) is 78.9 Å². The number of aryl methyl sites for hydroxylation is 1. The highest BCUT2D eigenvalue weighted by Crippen LogP contribution is 2.35. The molecule has 32 heavy (non-hydrogen) atoms. The molecule has 4 rings (SSSR count). The van der Waals surface area contributed by atoms with Crippen LogP contribution in [0.4, 0.5) is 0 Å². The minimum atomic E-state index is -0.334. The molecule has 0 radical (unpaired) electrons. The van der Waals surface area contributed by atoms with Crippen molar-refractivity contribution in [2.45, 2.75) is 19.4 Å². The molecule has 3 aromatic rings. The van der Waals surface area contributed by atoms with E-state index in [2.05, 4.69) is 5.32 Å². The number of hydrogen-bond donors (Lipinski definition) is 1. The van der Waals surface area contributed by atoms with E-state index in [9.17, 15) is 9.59 Å². The van der Waals surface area contributed by atoms with Crippen molar-refractivity contribution in [2.75, 3.05) is 20.2 Å². The molecule has 1 N–H and O–H groups in total. The lowest BCUT2D eigenvalue weighted by atomic mass is 9.88. The van der Waals surface area contributed by atoms with Crippen molar-refractivity contribution in [3.05, 3.63) is 101 Å². The van der Waals surface area contributed by atoms with Crippen molar-refractivity contribution in [3.63, 3.8) is 0 Å². The van der Waals surface area contributed by atoms with Crippen LogP contribution in [-0.2, 0) is 11.3 Å². The van der Waals surface area contributed by atoms with Gasteiger partial charge in [0.05, 0.1) is 13.0 Å². The van der Waals surface area contributed by atoms with Gasteiger partial charge in [-0.2, -0.15) is 0 Å². The van der Waals surface area contributed by atoms with Crippen molar-refractivity contribution < 1.29 is 14.3 Å². The minimum absolute atomic E-state index is 0.0330. The normalized spacial score (nSPS) is 17.8. The predicted molar refractivity (Wildman–Crippen MR) is 125 cm³/mol. The van der Waals surface area contributed by atoms with E-state index in [1.165, 1.54) is 0 Å². The zero-order valence-electron chi connectivity index (χ0n) is 18.5. The number of likely N-dealkylation sites (tertiary alicyclic amines) is 1. The third kappa shape index (κ3) is 4.67. The van der Waals surface area contributed by atoms with Crippen LogP contribution in [0, 0.1) is 12.8 Å². The Kier molecular flexibility index (Phi) is 6.55. The topological polar surface area (TPSA) is 58.6 Å². The maximum atomic E-state index is 13.3. The van der Waals surface area contributed by atoms with Gasteiger partial charge in [0, 0.05) is 31.1 Å². The van der Waals surface area contributed by atoms with E-state index < -0.39 is 0 Å². The largest absolute Gasteiger partial charge is 0.497 e. The molecule has 1 heterocycles. The van der Waals surface area contributed by atoms with Gasteiger partial charge in [-0.05, 0) is 41.8 Å². The number of ether oxygens (including phenoxy) is 1. The molecule has 0 aliphatic carbocycles. The quantitative estimate of drug-likeness (QED) is 0.641. The zero-order valence-corrected chi connectivity index (χ0v) is 18.5. The number of benzene rings is 3. The molecule has 0 spiro atoms. The summed E-state index contributed by atoms with van der Waals surface area (Å²) in [6.45, 7) is 3.28. The first-order valence-electron chi connectivity index (χ1n) is 10.9. The van der Waals surface area contributed by atoms with E-state index in [0.29, 0.717) is 25.2 Å². The van der Waals surface area contributed by atoms with Crippen LogP contribution < -0.4 is 10.1 Å². The maximum Gasteiger partial charge on any atom is 0.254 e. The minimum Gasteiger partial charge on any atom is -0.497 e. The molecule has 1 aliphatic heterocycles. The summed E-state index contributed by atoms with van der Waals surface area (Å²) in [6.07, 6.45) is 0. The van der Waals surface area contributed by atoms with Crippen LogP contribution in [0.1, 0.15) is 33.0 Å². The first kappa shape index (κ1) is 21.6. The molecule has 0 saturated carbocycles. The van der Waals surface area contributed by atoms with Crippen molar-refractivity contribution in [1.82, 2.24) is 10.2 Å². The Labute approximate surface area is 189 Å². The Morgan fingerprint density at radius 3 is 2.47 bits per heavy atom. The summed E-state index contributed by atoms with van der Waals surface area (Å²) in [5.41, 5.74) is 3.67. The van der Waals surface area contributed by atoms with Gasteiger partial charge in [-0.3, -0.25) is 9.59 Å². The lowest BCUT2D eigenvalue weighted by Gasteiger charge is -2.19. The Morgan fingerprint density at radius 2 is 1.72 bits per heavy atom. The molecule has 0 bridgehead atoms. The fraction of sp³-hybridized carbons (Fsp3) is 0.259. The average Bonchev–Trinajstić information content (AvgIpc) is 3.29. The first-order chi connectivity index (χ1) is 15.6. The number of amides is 2. The smallest absolute Gasteiger partial charge is 0.254 e. The summed E-state index contributed by atoms with van der Waals surface area (Å²) in [5.74, 6) is 0.235. The van der Waals surface area contributed by atoms with Crippen LogP contribution in [-0.4, -0.2) is 36.9 Å². The second kappa shape index (κ2) is 9.69. The van der Waals surface area contributed by atoms with E-state index in [0.717, 1.165) is 22.4 Å². The number of carbonyl (C=O) groups is 2. The van der Waals surface area contributed by atoms with E-state index in [-0.39, 0.29) is 23.7 Å². The number of hydrogen-bond acceptors (Lipinski definition) is 3. The summed E-state index contributed by atoms with van der Waals surface area (Å²) in [5, 5.41) is 3.07. The Hall–Kier alpha value is -3.60. The van der Waals surface area contributed by atoms with Crippen LogP contribution in [0.3, 0.4) is 0 Å². The molecule has 2 amide bonds. The molecule has 3 aromatic carbocycles. The van der Waals surface area contributed by atoms with Gasteiger partial charge in [0.1, 0.15) is 5.75 Å². The molecule has 1 aliphatic rings. The molecule has 164 valence electrons. The van der Waals surface area contributed by atoms with Gasteiger partial charge in [-0.1, -0.05) is 60.7 Å². The van der Waals surface area contributed by atoms with Crippen molar-refractivity contribution in [1.29, 1.82) is 0 Å². The summed E-state index contributed by atoms with van der Waals surface area (Å²) in [4.78, 5) is 28.3. The second-order valence-corrected chi connectivity index (χ2v) is 8.22. The summed E-state index contributed by atoms with van der Waals surface area (Å²) >= 11 is 0. The Morgan fingerprint density at radius 1 is 0.969 bits per heavy atom. The zero-order chi connectivity index (χ0) is 22.5. The highest BCUT2D eigenvalue weighted by atomic mass is 16.5. The van der Waals surface area contributed by atoms with Crippen LogP contribution >= 0.6 is 0 Å². The Bertz CT molecular complexity index is 1100. The van der Waals surface area contributed by atoms with E-state index in [1.54, 1.807) is 12.0 Å². The number of rotatable bonds is 6. The van der Waals surface area contributed by atoms with E-state index in [4.69, 9.17) is 4.74 Å². The summed E-state index contributed by atoms with van der Waals surface area (Å²) < 4.78 is 5.39. The van der Waals surface area contributed by atoms with Gasteiger partial charge in [0.2, 0.25) is 5.91 Å². The number of carbonyl (C=O) groups excluding carboxylic acids is 2. The predicted octanol–water partition coefficient (Wildman–Crippen LogP) is 4.18. The number of nitrogens with zero attached hydrogens (tertiary/aromatic N) is 1. The maximum absolute atomic E-state index is 13.3. The first-order valence-corrected chi connectivity index (χ1v) is 10.9. The molecule has 1 saturated heterocycles. The molecule has 1 fully saturated rings. The van der Waals surface area contributed by atoms with Gasteiger partial charge in [0.25, 0.3) is 5.91 Å². The van der Waals surface area contributed by atoms with Gasteiger partial charge < -0.3 is 15.0 Å². The fourth-order valence-electron chi connectivity index (χ4n) is 4.34. The number of nitrogens with one attached hydrogen (secondary N) is 1. The summed E-state index contributed by atoms with van der Waals surface area (Å²) in [6, 6.07) is 25.2. The van der Waals surface area contributed by atoms with Crippen molar-refractivity contribution >= 4 is 11.8 Å². The lowest BCUT2D eigenvalue weighted by Crippen LogP contribution is -2.35. The van der Waals surface area contributed by atoms with Crippen LogP contribution in [0.25, 0.3) is 0 Å². The van der Waals surface area contributed by atoms with Gasteiger partial charge >= 0.3 is 0 Å². The lowest BCUT2D eigenvalue weighted by molar-refractivity contribution is -0.125. The third-order valence-electron chi connectivity index (χ3n) is 6.15. The molecule has 0 unspecified atom stereocenters. The average molecular weight is 429 g/mol. The van der Waals surface area contributed by atoms with Crippen LogP contribution in [0.5, 0.6) is 5.75 Å². The van der Waals surface area contributed by atoms with Crippen LogP contribution in [0.2, 0.25) is 0 Å². The fourth-order valence-corrected chi connectivity index (χ4v) is 4.34. The van der Waals surface area contributed by atoms with Gasteiger partial charge in [0.15, 0.2) is 0 Å². The molecule has 2 atom stereocenters. The SMILES string of the molecule is COc1cccc([C@H]2CN(C(=O)c3ccccc3C)C[C@@H]2C(=O)NCc2ccccc2)c1. The highest BCUT2D eigenvalue weighted by Gasteiger charge is 2.40. The van der Waals surface area contributed by atoms with Crippen molar-refractivity contribution in [2.24, 2.45) is 5.92 Å².